The normalized spacial score (nSPS) is 32.5. The highest BCUT2D eigenvalue weighted by molar-refractivity contribution is 5.67. The second-order valence-electron chi connectivity index (χ2n) is 3.01. The second kappa shape index (κ2) is 3.01. The summed E-state index contributed by atoms with van der Waals surface area (Å²) >= 11 is 0. The van der Waals surface area contributed by atoms with E-state index in [-0.39, 0.29) is 0 Å². The molecule has 0 spiro atoms. The van der Waals surface area contributed by atoms with Crippen LogP contribution in [0.2, 0.25) is 0 Å². The highest BCUT2D eigenvalue weighted by atomic mass is 16.4. The predicted molar refractivity (Wildman–Crippen MR) is 37.8 cm³/mol. The first kappa shape index (κ1) is 7.54. The second-order valence-corrected chi connectivity index (χ2v) is 3.01. The van der Waals surface area contributed by atoms with E-state index < -0.39 is 5.97 Å². The van der Waals surface area contributed by atoms with Crippen LogP contribution in [0, 0.1) is 5.92 Å². The Morgan fingerprint density at radius 2 is 2.50 bits per heavy atom. The first-order valence-electron chi connectivity index (χ1n) is 3.63. The van der Waals surface area contributed by atoms with E-state index in [0.717, 1.165) is 13.0 Å². The minimum Gasteiger partial charge on any atom is -0.481 e. The average molecular weight is 143 g/mol. The molecule has 1 saturated heterocycles. The molecule has 2 N–H and O–H groups in total. The van der Waals surface area contributed by atoms with E-state index in [1.165, 1.54) is 0 Å². The fourth-order valence-electron chi connectivity index (χ4n) is 1.44. The maximum absolute atomic E-state index is 10.2. The smallest absolute Gasteiger partial charge is 0.303 e. The third-order valence-corrected chi connectivity index (χ3v) is 1.91. The van der Waals surface area contributed by atoms with Crippen LogP contribution in [0.15, 0.2) is 0 Å². The van der Waals surface area contributed by atoms with Crippen molar-refractivity contribution in [1.29, 1.82) is 0 Å². The van der Waals surface area contributed by atoms with E-state index in [1.807, 2.05) is 0 Å². The Balaban J connectivity index is 2.24. The van der Waals surface area contributed by atoms with Gasteiger partial charge in [0.2, 0.25) is 0 Å². The number of carbonyl (C=O) groups is 1. The van der Waals surface area contributed by atoms with Gasteiger partial charge in [-0.25, -0.2) is 0 Å². The monoisotopic (exact) mass is 143 g/mol. The van der Waals surface area contributed by atoms with Crippen molar-refractivity contribution in [2.24, 2.45) is 5.92 Å². The predicted octanol–water partition coefficient (Wildman–Crippen LogP) is 0.459. The van der Waals surface area contributed by atoms with Gasteiger partial charge < -0.3 is 10.4 Å². The zero-order chi connectivity index (χ0) is 7.56. The number of carboxylic acids is 1. The fraction of sp³-hybridized carbons (Fsp3) is 0.857. The van der Waals surface area contributed by atoms with E-state index in [0.29, 0.717) is 18.4 Å². The van der Waals surface area contributed by atoms with Gasteiger partial charge in [-0.3, -0.25) is 4.79 Å². The van der Waals surface area contributed by atoms with Crippen LogP contribution in [0.25, 0.3) is 0 Å². The van der Waals surface area contributed by atoms with Gasteiger partial charge in [-0.05, 0) is 25.8 Å². The summed E-state index contributed by atoms with van der Waals surface area (Å²) in [6, 6.07) is 0.504. The standard InChI is InChI=1S/C7H13NO2/c1-5-2-6(4-8-5)3-7(9)10/h5-6,8H,2-4H2,1H3,(H,9,10)/t5?,6-/m0/s1. The number of hydrogen-bond acceptors (Lipinski definition) is 2. The van der Waals surface area contributed by atoms with Gasteiger partial charge in [0.05, 0.1) is 0 Å². The summed E-state index contributed by atoms with van der Waals surface area (Å²) in [5.74, 6) is -0.326. The molecular weight excluding hydrogens is 130 g/mol. The average Bonchev–Trinajstić information content (AvgIpc) is 2.13. The molecule has 1 aliphatic heterocycles. The molecule has 3 nitrogen and oxygen atoms in total. The van der Waals surface area contributed by atoms with E-state index in [1.54, 1.807) is 0 Å². The summed E-state index contributed by atoms with van der Waals surface area (Å²) in [7, 11) is 0. The lowest BCUT2D eigenvalue weighted by atomic mass is 10.0. The van der Waals surface area contributed by atoms with Crippen LogP contribution in [0.5, 0.6) is 0 Å². The van der Waals surface area contributed by atoms with Crippen LogP contribution >= 0.6 is 0 Å². The molecule has 1 aliphatic rings. The van der Waals surface area contributed by atoms with Crippen molar-refractivity contribution in [3.8, 4) is 0 Å². The Hall–Kier alpha value is -0.570. The summed E-state index contributed by atoms with van der Waals surface area (Å²) in [5.41, 5.74) is 0. The van der Waals surface area contributed by atoms with Crippen LogP contribution in [-0.2, 0) is 4.79 Å². The SMILES string of the molecule is CC1C[C@@H](CC(=O)O)CN1. The van der Waals surface area contributed by atoms with Crippen molar-refractivity contribution in [3.05, 3.63) is 0 Å². The fourth-order valence-corrected chi connectivity index (χ4v) is 1.44. The van der Waals surface area contributed by atoms with Gasteiger partial charge in [0.15, 0.2) is 0 Å². The largest absolute Gasteiger partial charge is 0.481 e. The maximum atomic E-state index is 10.2. The maximum Gasteiger partial charge on any atom is 0.303 e. The minimum absolute atomic E-state index is 0.317. The van der Waals surface area contributed by atoms with Gasteiger partial charge in [-0.2, -0.15) is 0 Å². The lowest BCUT2D eigenvalue weighted by Gasteiger charge is -2.01. The van der Waals surface area contributed by atoms with Gasteiger partial charge in [0.1, 0.15) is 0 Å². The Labute approximate surface area is 60.4 Å². The van der Waals surface area contributed by atoms with Gasteiger partial charge in [-0.15, -0.1) is 0 Å². The lowest BCUT2D eigenvalue weighted by molar-refractivity contribution is -0.137. The number of carboxylic acid groups (broad SMARTS) is 1. The molecule has 0 aliphatic carbocycles. The van der Waals surface area contributed by atoms with Gasteiger partial charge in [0, 0.05) is 12.5 Å². The highest BCUT2D eigenvalue weighted by Crippen LogP contribution is 2.16. The summed E-state index contributed by atoms with van der Waals surface area (Å²) in [6.07, 6.45) is 1.32. The lowest BCUT2D eigenvalue weighted by Crippen LogP contribution is -2.17. The van der Waals surface area contributed by atoms with E-state index in [2.05, 4.69) is 12.2 Å². The number of hydrogen-bond donors (Lipinski definition) is 2. The molecule has 58 valence electrons. The molecule has 0 aromatic carbocycles. The quantitative estimate of drug-likeness (QED) is 0.590. The topological polar surface area (TPSA) is 49.3 Å². The zero-order valence-corrected chi connectivity index (χ0v) is 6.13. The van der Waals surface area contributed by atoms with Crippen LogP contribution in [0.1, 0.15) is 19.8 Å². The van der Waals surface area contributed by atoms with Crippen LogP contribution < -0.4 is 5.32 Å². The first-order chi connectivity index (χ1) is 4.68. The zero-order valence-electron chi connectivity index (χ0n) is 6.13. The molecule has 0 radical (unpaired) electrons. The molecular formula is C7H13NO2. The van der Waals surface area contributed by atoms with E-state index in [4.69, 9.17) is 5.11 Å². The summed E-state index contributed by atoms with van der Waals surface area (Å²) in [4.78, 5) is 10.2. The van der Waals surface area contributed by atoms with Crippen LogP contribution in [0.3, 0.4) is 0 Å². The molecule has 0 aromatic rings. The van der Waals surface area contributed by atoms with Crippen LogP contribution in [-0.4, -0.2) is 23.7 Å². The Bertz CT molecular complexity index is 136. The minimum atomic E-state index is -0.680. The molecule has 1 rings (SSSR count). The molecule has 1 fully saturated rings. The summed E-state index contributed by atoms with van der Waals surface area (Å²) in [6.45, 7) is 2.95. The highest BCUT2D eigenvalue weighted by Gasteiger charge is 2.22. The molecule has 1 unspecified atom stereocenters. The van der Waals surface area contributed by atoms with Crippen LogP contribution in [0.4, 0.5) is 0 Å². The Morgan fingerprint density at radius 1 is 1.80 bits per heavy atom. The van der Waals surface area contributed by atoms with Gasteiger partial charge in [-0.1, -0.05) is 0 Å². The first-order valence-corrected chi connectivity index (χ1v) is 3.63. The number of aliphatic carboxylic acids is 1. The van der Waals surface area contributed by atoms with Gasteiger partial charge in [0.25, 0.3) is 0 Å². The molecule has 0 amide bonds. The van der Waals surface area contributed by atoms with Crippen molar-refractivity contribution in [2.75, 3.05) is 6.54 Å². The number of rotatable bonds is 2. The Morgan fingerprint density at radius 3 is 2.90 bits per heavy atom. The molecule has 3 heteroatoms. The summed E-state index contributed by atoms with van der Waals surface area (Å²) in [5, 5.41) is 11.6. The van der Waals surface area contributed by atoms with E-state index >= 15 is 0 Å². The summed E-state index contributed by atoms with van der Waals surface area (Å²) < 4.78 is 0. The molecule has 2 atom stereocenters. The van der Waals surface area contributed by atoms with E-state index in [9.17, 15) is 4.79 Å². The van der Waals surface area contributed by atoms with Crippen molar-refractivity contribution in [2.45, 2.75) is 25.8 Å². The number of nitrogens with one attached hydrogen (secondary N) is 1. The van der Waals surface area contributed by atoms with Crippen molar-refractivity contribution >= 4 is 5.97 Å². The molecule has 0 bridgehead atoms. The molecule has 0 saturated carbocycles. The van der Waals surface area contributed by atoms with Crippen molar-refractivity contribution < 1.29 is 9.90 Å². The molecule has 10 heavy (non-hydrogen) atoms. The van der Waals surface area contributed by atoms with Gasteiger partial charge >= 0.3 is 5.97 Å². The third kappa shape index (κ3) is 1.99. The molecule has 1 heterocycles. The Kier molecular flexibility index (Phi) is 2.27. The van der Waals surface area contributed by atoms with Crippen molar-refractivity contribution in [1.82, 2.24) is 5.32 Å². The van der Waals surface area contributed by atoms with Crippen molar-refractivity contribution in [3.63, 3.8) is 0 Å². The molecule has 0 aromatic heterocycles. The third-order valence-electron chi connectivity index (χ3n) is 1.91.